The number of primary amides is 1. The van der Waals surface area contributed by atoms with E-state index in [4.69, 9.17) is 27.5 Å². The SMILES string of the molecule is N=CCOCCc1cccc(Cl)c1C(N)=O. The number of halogens is 1. The highest BCUT2D eigenvalue weighted by atomic mass is 35.5. The van der Waals surface area contributed by atoms with Crippen LogP contribution < -0.4 is 5.73 Å². The van der Waals surface area contributed by atoms with Gasteiger partial charge in [-0.1, -0.05) is 23.7 Å². The van der Waals surface area contributed by atoms with E-state index in [1.165, 1.54) is 6.21 Å². The Morgan fingerprint density at radius 1 is 1.56 bits per heavy atom. The summed E-state index contributed by atoms with van der Waals surface area (Å²) in [5.41, 5.74) is 6.36. The second kappa shape index (κ2) is 6.25. The molecule has 0 unspecified atom stereocenters. The molecule has 0 aliphatic heterocycles. The number of nitrogens with two attached hydrogens (primary N) is 1. The molecule has 1 rings (SSSR count). The molecule has 16 heavy (non-hydrogen) atoms. The molecule has 0 aliphatic carbocycles. The Hall–Kier alpha value is -1.39. The van der Waals surface area contributed by atoms with Crippen LogP contribution in [0.3, 0.4) is 0 Å². The number of carbonyl (C=O) groups excluding carboxylic acids is 1. The molecule has 0 saturated carbocycles. The van der Waals surface area contributed by atoms with Gasteiger partial charge in [0.05, 0.1) is 23.8 Å². The fraction of sp³-hybridized carbons (Fsp3) is 0.273. The Kier molecular flexibility index (Phi) is 4.95. The summed E-state index contributed by atoms with van der Waals surface area (Å²) in [4.78, 5) is 11.2. The van der Waals surface area contributed by atoms with E-state index < -0.39 is 5.91 Å². The molecule has 0 aromatic heterocycles. The summed E-state index contributed by atoms with van der Waals surface area (Å²) in [5, 5.41) is 7.14. The van der Waals surface area contributed by atoms with Crippen LogP contribution in [0.4, 0.5) is 0 Å². The van der Waals surface area contributed by atoms with Gasteiger partial charge in [-0.05, 0) is 18.1 Å². The van der Waals surface area contributed by atoms with E-state index in [-0.39, 0.29) is 6.61 Å². The zero-order valence-corrected chi connectivity index (χ0v) is 9.46. The van der Waals surface area contributed by atoms with E-state index in [1.54, 1.807) is 18.2 Å². The number of ether oxygens (including phenoxy) is 1. The maximum atomic E-state index is 11.2. The Bertz CT molecular complexity index is 394. The van der Waals surface area contributed by atoms with Crippen molar-refractivity contribution < 1.29 is 9.53 Å². The molecule has 86 valence electrons. The Balaban J connectivity index is 2.75. The normalized spacial score (nSPS) is 10.1. The van der Waals surface area contributed by atoms with Crippen LogP contribution >= 0.6 is 11.6 Å². The van der Waals surface area contributed by atoms with Gasteiger partial charge in [0.15, 0.2) is 0 Å². The molecule has 0 atom stereocenters. The van der Waals surface area contributed by atoms with Crippen molar-refractivity contribution in [3.8, 4) is 0 Å². The average Bonchev–Trinajstić information content (AvgIpc) is 2.24. The monoisotopic (exact) mass is 240 g/mol. The van der Waals surface area contributed by atoms with Crippen LogP contribution in [0.2, 0.25) is 5.02 Å². The minimum Gasteiger partial charge on any atom is -0.375 e. The minimum atomic E-state index is -0.535. The molecule has 0 heterocycles. The van der Waals surface area contributed by atoms with Gasteiger partial charge in [0.1, 0.15) is 0 Å². The van der Waals surface area contributed by atoms with Crippen molar-refractivity contribution in [3.63, 3.8) is 0 Å². The predicted molar refractivity (Wildman–Crippen MR) is 63.3 cm³/mol. The fourth-order valence-electron chi connectivity index (χ4n) is 1.38. The molecule has 1 aromatic rings. The molecule has 5 heteroatoms. The van der Waals surface area contributed by atoms with Gasteiger partial charge >= 0.3 is 0 Å². The lowest BCUT2D eigenvalue weighted by Gasteiger charge is -2.08. The first-order chi connectivity index (χ1) is 7.66. The van der Waals surface area contributed by atoms with E-state index in [0.717, 1.165) is 5.56 Å². The second-order valence-corrected chi connectivity index (χ2v) is 3.57. The lowest BCUT2D eigenvalue weighted by atomic mass is 10.0. The number of hydrogen-bond acceptors (Lipinski definition) is 3. The molecule has 1 amide bonds. The minimum absolute atomic E-state index is 0.270. The second-order valence-electron chi connectivity index (χ2n) is 3.17. The zero-order valence-electron chi connectivity index (χ0n) is 8.70. The van der Waals surface area contributed by atoms with Crippen molar-refractivity contribution in [2.24, 2.45) is 5.73 Å². The highest BCUT2D eigenvalue weighted by molar-refractivity contribution is 6.34. The van der Waals surface area contributed by atoms with E-state index >= 15 is 0 Å². The van der Waals surface area contributed by atoms with E-state index in [2.05, 4.69) is 0 Å². The van der Waals surface area contributed by atoms with Crippen LogP contribution in [0.15, 0.2) is 18.2 Å². The highest BCUT2D eigenvalue weighted by Crippen LogP contribution is 2.19. The fourth-order valence-corrected chi connectivity index (χ4v) is 1.66. The van der Waals surface area contributed by atoms with Gasteiger partial charge in [0.2, 0.25) is 5.91 Å². The first kappa shape index (κ1) is 12.7. The van der Waals surface area contributed by atoms with Crippen LogP contribution in [0.5, 0.6) is 0 Å². The van der Waals surface area contributed by atoms with Gasteiger partial charge in [-0.2, -0.15) is 0 Å². The maximum absolute atomic E-state index is 11.2. The lowest BCUT2D eigenvalue weighted by molar-refractivity contribution is 0.0999. The number of nitrogens with one attached hydrogen (secondary N) is 1. The quantitative estimate of drug-likeness (QED) is 0.586. The van der Waals surface area contributed by atoms with Gasteiger partial charge < -0.3 is 15.9 Å². The third kappa shape index (κ3) is 3.32. The van der Waals surface area contributed by atoms with E-state index in [9.17, 15) is 4.79 Å². The van der Waals surface area contributed by atoms with Crippen molar-refractivity contribution in [3.05, 3.63) is 34.3 Å². The summed E-state index contributed by atoms with van der Waals surface area (Å²) in [6.07, 6.45) is 1.72. The Morgan fingerprint density at radius 3 is 2.94 bits per heavy atom. The van der Waals surface area contributed by atoms with Crippen LogP contribution in [-0.4, -0.2) is 25.3 Å². The molecular formula is C11H13ClN2O2. The third-order valence-electron chi connectivity index (χ3n) is 2.06. The van der Waals surface area contributed by atoms with Crippen LogP contribution in [0.25, 0.3) is 0 Å². The molecule has 0 aliphatic rings. The molecule has 1 aromatic carbocycles. The van der Waals surface area contributed by atoms with E-state index in [0.29, 0.717) is 23.6 Å². The standard InChI is InChI=1S/C11H13ClN2O2/c12-9-3-1-2-8(10(9)11(14)15)4-6-16-7-5-13/h1-3,5,13H,4,6-7H2,(H2,14,15). The number of benzene rings is 1. The molecule has 0 fully saturated rings. The van der Waals surface area contributed by atoms with Crippen molar-refractivity contribution in [2.45, 2.75) is 6.42 Å². The van der Waals surface area contributed by atoms with Gasteiger partial charge in [-0.15, -0.1) is 0 Å². The van der Waals surface area contributed by atoms with Gasteiger partial charge in [-0.3, -0.25) is 4.79 Å². The summed E-state index contributed by atoms with van der Waals surface area (Å²) in [7, 11) is 0. The van der Waals surface area contributed by atoms with Crippen molar-refractivity contribution >= 4 is 23.7 Å². The zero-order chi connectivity index (χ0) is 12.0. The first-order valence-corrected chi connectivity index (χ1v) is 5.18. The lowest BCUT2D eigenvalue weighted by Crippen LogP contribution is -2.15. The number of rotatable bonds is 6. The van der Waals surface area contributed by atoms with Crippen molar-refractivity contribution in [1.82, 2.24) is 0 Å². The van der Waals surface area contributed by atoms with Crippen molar-refractivity contribution in [1.29, 1.82) is 5.41 Å². The molecule has 0 spiro atoms. The highest BCUT2D eigenvalue weighted by Gasteiger charge is 2.11. The number of amides is 1. The summed E-state index contributed by atoms with van der Waals surface area (Å²) in [6, 6.07) is 5.18. The van der Waals surface area contributed by atoms with Gasteiger partial charge in [0, 0.05) is 6.21 Å². The molecule has 0 bridgehead atoms. The maximum Gasteiger partial charge on any atom is 0.250 e. The number of carbonyl (C=O) groups is 1. The first-order valence-electron chi connectivity index (χ1n) is 4.80. The predicted octanol–water partition coefficient (Wildman–Crippen LogP) is 1.65. The molecular weight excluding hydrogens is 228 g/mol. The molecule has 4 nitrogen and oxygen atoms in total. The molecule has 3 N–H and O–H groups in total. The molecule has 0 radical (unpaired) electrons. The number of hydrogen-bond donors (Lipinski definition) is 2. The average molecular weight is 241 g/mol. The smallest absolute Gasteiger partial charge is 0.250 e. The third-order valence-corrected chi connectivity index (χ3v) is 2.38. The van der Waals surface area contributed by atoms with Crippen molar-refractivity contribution in [2.75, 3.05) is 13.2 Å². The van der Waals surface area contributed by atoms with Crippen LogP contribution in [0.1, 0.15) is 15.9 Å². The summed E-state index contributed by atoms with van der Waals surface area (Å²) >= 11 is 5.89. The van der Waals surface area contributed by atoms with Crippen LogP contribution in [-0.2, 0) is 11.2 Å². The summed E-state index contributed by atoms with van der Waals surface area (Å²) < 4.78 is 5.12. The molecule has 0 saturated heterocycles. The summed E-state index contributed by atoms with van der Waals surface area (Å²) in [6.45, 7) is 0.697. The van der Waals surface area contributed by atoms with Gasteiger partial charge in [0.25, 0.3) is 0 Å². The van der Waals surface area contributed by atoms with Gasteiger partial charge in [-0.25, -0.2) is 0 Å². The Labute approximate surface area is 98.9 Å². The Morgan fingerprint density at radius 2 is 2.31 bits per heavy atom. The van der Waals surface area contributed by atoms with Crippen LogP contribution in [0, 0.1) is 5.41 Å². The largest absolute Gasteiger partial charge is 0.375 e. The topological polar surface area (TPSA) is 76.2 Å². The van der Waals surface area contributed by atoms with E-state index in [1.807, 2.05) is 0 Å². The summed E-state index contributed by atoms with van der Waals surface area (Å²) in [5.74, 6) is -0.535.